The zero-order valence-corrected chi connectivity index (χ0v) is 38.4. The number of para-hydroxylation sites is 2. The molecule has 69 heavy (non-hydrogen) atoms. The number of carbonyl (C=O) groups is 2. The zero-order valence-electron chi connectivity index (χ0n) is 37.7. The number of ether oxygens (including phenoxy) is 2. The number of nitrogens with one attached hydrogen (secondary N) is 3. The van der Waals surface area contributed by atoms with Crippen LogP contribution in [-0.4, -0.2) is 75.3 Å². The first-order chi connectivity index (χ1) is 33.4. The molecule has 10 rings (SSSR count). The van der Waals surface area contributed by atoms with Gasteiger partial charge in [-0.05, 0) is 68.1 Å². The van der Waals surface area contributed by atoms with Gasteiger partial charge in [0.2, 0.25) is 0 Å². The number of nitrogens with zero attached hydrogens (tertiary/aromatic N) is 10. The second-order valence-electron chi connectivity index (χ2n) is 15.8. The molecule has 0 unspecified atom stereocenters. The molecule has 18 nitrogen and oxygen atoms in total. The summed E-state index contributed by atoms with van der Waals surface area (Å²) in [6.07, 6.45) is 12.6. The van der Waals surface area contributed by atoms with Gasteiger partial charge in [-0.15, -0.1) is 0 Å². The zero-order chi connectivity index (χ0) is 48.6. The summed E-state index contributed by atoms with van der Waals surface area (Å²) in [5.41, 5.74) is 10.1. The van der Waals surface area contributed by atoms with E-state index < -0.39 is 5.82 Å². The molecule has 21 heteroatoms. The van der Waals surface area contributed by atoms with E-state index in [0.29, 0.717) is 79.4 Å². The number of halogens is 3. The number of aryl methyl sites for hydroxylation is 2. The van der Waals surface area contributed by atoms with Gasteiger partial charge < -0.3 is 31.2 Å². The first-order valence-corrected chi connectivity index (χ1v) is 21.8. The maximum Gasteiger partial charge on any atom is 0.184 e. The van der Waals surface area contributed by atoms with Crippen molar-refractivity contribution in [1.29, 1.82) is 0 Å². The molecule has 5 N–H and O–H groups in total. The molecule has 2 saturated carbocycles. The fourth-order valence-electron chi connectivity index (χ4n) is 6.99. The first-order valence-electron chi connectivity index (χ1n) is 21.5. The monoisotopic (exact) mass is 954 g/mol. The van der Waals surface area contributed by atoms with Crippen LogP contribution in [0.15, 0.2) is 110 Å². The Morgan fingerprint density at radius 1 is 0.623 bits per heavy atom. The van der Waals surface area contributed by atoms with Crippen LogP contribution in [0.1, 0.15) is 46.4 Å². The van der Waals surface area contributed by atoms with E-state index in [1.807, 2.05) is 36.4 Å². The molecule has 6 aromatic heterocycles. The number of aromatic nitrogens is 10. The summed E-state index contributed by atoms with van der Waals surface area (Å²) in [6, 6.07) is 19.5. The number of nitrogen functional groups attached to an aromatic ring is 1. The smallest absolute Gasteiger partial charge is 0.184 e. The lowest BCUT2D eigenvalue weighted by Gasteiger charge is -2.17. The van der Waals surface area contributed by atoms with Gasteiger partial charge in [0.1, 0.15) is 46.9 Å². The Morgan fingerprint density at radius 3 is 1.57 bits per heavy atom. The van der Waals surface area contributed by atoms with E-state index in [9.17, 15) is 18.4 Å². The number of ketones is 2. The van der Waals surface area contributed by atoms with E-state index in [1.165, 1.54) is 49.1 Å². The fourth-order valence-corrected chi connectivity index (χ4v) is 7.15. The second kappa shape index (κ2) is 21.1. The highest BCUT2D eigenvalue weighted by atomic mass is 35.5. The molecule has 0 spiro atoms. The molecular formula is C48H45ClF2N14O4. The van der Waals surface area contributed by atoms with Crippen molar-refractivity contribution in [2.24, 2.45) is 25.9 Å². The van der Waals surface area contributed by atoms with Gasteiger partial charge in [0, 0.05) is 68.9 Å². The number of hydrogen-bond acceptors (Lipinski definition) is 16. The van der Waals surface area contributed by atoms with Crippen molar-refractivity contribution < 1.29 is 27.8 Å². The van der Waals surface area contributed by atoms with E-state index in [0.717, 1.165) is 31.2 Å². The summed E-state index contributed by atoms with van der Waals surface area (Å²) in [5.74, 6) is 2.58. The van der Waals surface area contributed by atoms with E-state index >= 15 is 0 Å². The van der Waals surface area contributed by atoms with Crippen molar-refractivity contribution in [3.05, 3.63) is 138 Å². The third kappa shape index (κ3) is 11.8. The number of hydrogen-bond donors (Lipinski definition) is 4. The van der Waals surface area contributed by atoms with Gasteiger partial charge in [0.15, 0.2) is 34.7 Å². The highest BCUT2D eigenvalue weighted by Gasteiger charge is 2.33. The van der Waals surface area contributed by atoms with Gasteiger partial charge in [-0.25, -0.2) is 38.7 Å². The Labute approximate surface area is 399 Å². The Kier molecular flexibility index (Phi) is 14.4. The molecule has 8 aromatic rings. The summed E-state index contributed by atoms with van der Waals surface area (Å²) in [4.78, 5) is 50.3. The van der Waals surface area contributed by atoms with Crippen molar-refractivity contribution in [3.8, 4) is 34.3 Å². The van der Waals surface area contributed by atoms with Gasteiger partial charge >= 0.3 is 0 Å². The largest absolute Gasteiger partial charge is 0.494 e. The fraction of sp³-hybridized carbons (Fsp3) is 0.208. The second-order valence-corrected chi connectivity index (χ2v) is 16.2. The van der Waals surface area contributed by atoms with Crippen LogP contribution in [0.2, 0.25) is 5.15 Å². The number of nitrogens with two attached hydrogens (primary N) is 1. The minimum atomic E-state index is -0.416. The minimum absolute atomic E-state index is 0.0111. The molecule has 2 aliphatic carbocycles. The molecule has 0 radical (unpaired) electrons. The maximum atomic E-state index is 13.6. The van der Waals surface area contributed by atoms with E-state index in [1.54, 1.807) is 62.5 Å². The summed E-state index contributed by atoms with van der Waals surface area (Å²) >= 11 is 6.07. The lowest BCUT2D eigenvalue weighted by atomic mass is 10.1. The number of pyridine rings is 4. The van der Waals surface area contributed by atoms with Crippen LogP contribution in [0.3, 0.4) is 0 Å². The molecule has 0 bridgehead atoms. The van der Waals surface area contributed by atoms with Gasteiger partial charge in [0.05, 0.1) is 59.2 Å². The molecule has 0 saturated heterocycles. The number of rotatable bonds is 14. The molecule has 2 aliphatic rings. The Bertz CT molecular complexity index is 3120. The Balaban J connectivity index is 0.000000163. The number of benzene rings is 2. The van der Waals surface area contributed by atoms with Crippen molar-refractivity contribution in [3.63, 3.8) is 0 Å². The summed E-state index contributed by atoms with van der Waals surface area (Å²) in [6.45, 7) is 0. The highest BCUT2D eigenvalue weighted by Crippen LogP contribution is 2.41. The van der Waals surface area contributed by atoms with Crippen LogP contribution in [-0.2, 0) is 14.1 Å². The first kappa shape index (κ1) is 47.1. The molecular weight excluding hydrogens is 910 g/mol. The van der Waals surface area contributed by atoms with Gasteiger partial charge in [-0.2, -0.15) is 10.2 Å². The van der Waals surface area contributed by atoms with Crippen LogP contribution in [0, 0.1) is 23.5 Å². The lowest BCUT2D eigenvalue weighted by molar-refractivity contribution is 0.0960. The number of Topliss-reactive ketones (excluding diaryl/α,β-unsaturated/α-hetero) is 2. The lowest BCUT2D eigenvalue weighted by Crippen LogP contribution is -2.09. The normalized spacial score (nSPS) is 12.7. The summed E-state index contributed by atoms with van der Waals surface area (Å²) < 4.78 is 40.2. The molecule has 352 valence electrons. The van der Waals surface area contributed by atoms with Gasteiger partial charge in [-0.3, -0.25) is 19.0 Å². The average Bonchev–Trinajstić information content (AvgIpc) is 4.28. The third-order valence-electron chi connectivity index (χ3n) is 10.6. The van der Waals surface area contributed by atoms with Crippen molar-refractivity contribution in [1.82, 2.24) is 49.5 Å². The quantitative estimate of drug-likeness (QED) is 0.0588. The maximum absolute atomic E-state index is 13.6. The number of methoxy groups -OCH3 is 2. The molecule has 0 atom stereocenters. The van der Waals surface area contributed by atoms with Crippen LogP contribution in [0.5, 0.6) is 11.5 Å². The van der Waals surface area contributed by atoms with Crippen LogP contribution < -0.4 is 31.2 Å². The van der Waals surface area contributed by atoms with Crippen molar-refractivity contribution in [2.75, 3.05) is 35.9 Å². The third-order valence-corrected chi connectivity index (χ3v) is 10.8. The van der Waals surface area contributed by atoms with Crippen molar-refractivity contribution >= 4 is 63.4 Å². The molecule has 0 aliphatic heterocycles. The van der Waals surface area contributed by atoms with E-state index in [-0.39, 0.29) is 35.0 Å². The molecule has 6 heterocycles. The summed E-state index contributed by atoms with van der Waals surface area (Å²) in [5, 5.41) is 18.6. The van der Waals surface area contributed by atoms with Gasteiger partial charge in [-0.1, -0.05) is 23.7 Å². The SMILES string of the molecule is COc1c(Nc2cc(Cl)ncc2C(=O)C2CC2)cccc1-c1ncn(C)n1.COc1c(Nc2cc(Nc3cc(F)ccn3)ncc2C(=O)C2CC2)cccc1-c1ncn(C)n1.Nc1cc(F)ccn1. The van der Waals surface area contributed by atoms with E-state index in [2.05, 4.69) is 56.1 Å². The molecule has 2 aromatic carbocycles. The minimum Gasteiger partial charge on any atom is -0.494 e. The highest BCUT2D eigenvalue weighted by molar-refractivity contribution is 6.30. The predicted octanol–water partition coefficient (Wildman–Crippen LogP) is 9.18. The average molecular weight is 955 g/mol. The standard InChI is InChI=1S/C24H22FN7O2.C19H18ClN5O2.C5H5FN2/c1-32-13-28-24(31-32)16-4-3-5-18(23(16)34-2)29-19-11-21(30-20-10-15(25)8-9-26-20)27-12-17(19)22(33)14-6-7-14;1-25-10-22-19(24-25)12-4-3-5-14(18(12)27-2)23-15-8-16(20)21-9-13(15)17(26)11-6-7-11;6-4-1-2-8-5(7)3-4/h3-5,8-14H,6-7H2,1-2H3,(H2,26,27,29,30);3-5,8-11H,6-7H2,1-2H3,(H,21,23);1-3H,(H2,7,8). The van der Waals surface area contributed by atoms with E-state index in [4.69, 9.17) is 26.8 Å². The number of carbonyl (C=O) groups excluding carboxylic acids is 2. The van der Waals surface area contributed by atoms with Gasteiger partial charge in [0.25, 0.3) is 0 Å². The molecule has 2 fully saturated rings. The Hall–Kier alpha value is -8.39. The topological polar surface area (TPSA) is 228 Å². The van der Waals surface area contributed by atoms with Crippen LogP contribution in [0.25, 0.3) is 22.8 Å². The van der Waals surface area contributed by atoms with Crippen LogP contribution in [0.4, 0.5) is 49.0 Å². The Morgan fingerprint density at radius 2 is 1.12 bits per heavy atom. The van der Waals surface area contributed by atoms with Crippen LogP contribution >= 0.6 is 11.6 Å². The molecule has 0 amide bonds. The predicted molar refractivity (Wildman–Crippen MR) is 256 cm³/mol. The van der Waals surface area contributed by atoms with Crippen molar-refractivity contribution in [2.45, 2.75) is 25.7 Å². The summed E-state index contributed by atoms with van der Waals surface area (Å²) in [7, 11) is 6.75. The number of anilines is 7.